The Morgan fingerprint density at radius 3 is 2.17 bits per heavy atom. The molecule has 6 heteroatoms. The highest BCUT2D eigenvalue weighted by atomic mass is 19.4. The molecule has 2 unspecified atom stereocenters. The fourth-order valence-electron chi connectivity index (χ4n) is 1.55. The van der Waals surface area contributed by atoms with E-state index < -0.39 is 24.9 Å². The second kappa shape index (κ2) is 6.17. The summed E-state index contributed by atoms with van der Waals surface area (Å²) in [5.74, 6) is 0. The van der Waals surface area contributed by atoms with Gasteiger partial charge in [-0.3, -0.25) is 0 Å². The van der Waals surface area contributed by atoms with Crippen LogP contribution < -0.4 is 0 Å². The van der Waals surface area contributed by atoms with E-state index in [9.17, 15) is 18.3 Å². The maximum atomic E-state index is 12.1. The number of likely N-dealkylation sites (N-methyl/N-ethyl adjacent to an activating group) is 1. The fourth-order valence-corrected chi connectivity index (χ4v) is 1.55. The van der Waals surface area contributed by atoms with Crippen LogP contribution in [0, 0.1) is 0 Å². The minimum atomic E-state index is -4.63. The van der Waals surface area contributed by atoms with Crippen molar-refractivity contribution in [1.82, 2.24) is 4.90 Å². The van der Waals surface area contributed by atoms with Gasteiger partial charge in [0.2, 0.25) is 0 Å². The fraction of sp³-hybridized carbons (Fsp3) is 0.500. The van der Waals surface area contributed by atoms with E-state index in [0.29, 0.717) is 5.56 Å². The number of alkyl halides is 3. The number of rotatable bonds is 5. The van der Waals surface area contributed by atoms with Gasteiger partial charge in [-0.1, -0.05) is 30.3 Å². The number of benzene rings is 1. The van der Waals surface area contributed by atoms with E-state index >= 15 is 0 Å². The zero-order chi connectivity index (χ0) is 13.8. The Morgan fingerprint density at radius 1 is 1.11 bits per heavy atom. The van der Waals surface area contributed by atoms with Gasteiger partial charge < -0.3 is 15.1 Å². The van der Waals surface area contributed by atoms with E-state index in [4.69, 9.17) is 5.11 Å². The molecule has 18 heavy (non-hydrogen) atoms. The molecule has 1 aromatic rings. The number of hydrogen-bond donors (Lipinski definition) is 2. The Kier molecular flexibility index (Phi) is 5.13. The van der Waals surface area contributed by atoms with Gasteiger partial charge in [0.05, 0.1) is 6.10 Å². The van der Waals surface area contributed by atoms with Crippen LogP contribution in [0.5, 0.6) is 0 Å². The molecule has 0 radical (unpaired) electrons. The smallest absolute Gasteiger partial charge is 0.387 e. The van der Waals surface area contributed by atoms with Crippen LogP contribution in [-0.4, -0.2) is 47.5 Å². The molecule has 0 aliphatic rings. The van der Waals surface area contributed by atoms with E-state index in [1.165, 1.54) is 11.9 Å². The predicted molar refractivity (Wildman–Crippen MR) is 61.0 cm³/mol. The molecular formula is C12H16F3NO2. The average Bonchev–Trinajstić information content (AvgIpc) is 2.28. The second-order valence-corrected chi connectivity index (χ2v) is 4.21. The maximum Gasteiger partial charge on any atom is 0.415 e. The monoisotopic (exact) mass is 263 g/mol. The van der Waals surface area contributed by atoms with Gasteiger partial charge in [0.15, 0.2) is 6.10 Å². The summed E-state index contributed by atoms with van der Waals surface area (Å²) >= 11 is 0. The lowest BCUT2D eigenvalue weighted by Gasteiger charge is -2.24. The summed E-state index contributed by atoms with van der Waals surface area (Å²) in [5.41, 5.74) is 0.630. The zero-order valence-electron chi connectivity index (χ0n) is 9.93. The lowest BCUT2D eigenvalue weighted by Crippen LogP contribution is -2.40. The molecule has 2 atom stereocenters. The molecule has 0 fully saturated rings. The summed E-state index contributed by atoms with van der Waals surface area (Å²) in [4.78, 5) is 1.25. The van der Waals surface area contributed by atoms with Crippen molar-refractivity contribution < 1.29 is 23.4 Å². The number of halogens is 3. The molecule has 0 saturated carbocycles. The van der Waals surface area contributed by atoms with Crippen molar-refractivity contribution >= 4 is 0 Å². The van der Waals surface area contributed by atoms with E-state index in [0.717, 1.165) is 0 Å². The lowest BCUT2D eigenvalue weighted by atomic mass is 10.1. The summed E-state index contributed by atoms with van der Waals surface area (Å²) in [5, 5.41) is 18.7. The van der Waals surface area contributed by atoms with Crippen LogP contribution in [0.4, 0.5) is 13.2 Å². The van der Waals surface area contributed by atoms with Gasteiger partial charge in [-0.05, 0) is 12.6 Å². The minimum absolute atomic E-state index is 0.0250. The maximum absolute atomic E-state index is 12.1. The SMILES string of the molecule is CN(CC(O)c1ccccc1)CC(O)C(F)(F)F. The Bertz CT molecular complexity index is 356. The van der Waals surface area contributed by atoms with E-state index in [2.05, 4.69) is 0 Å². The largest absolute Gasteiger partial charge is 0.415 e. The summed E-state index contributed by atoms with van der Waals surface area (Å²) in [7, 11) is 1.42. The minimum Gasteiger partial charge on any atom is -0.387 e. The Labute approximate surface area is 103 Å². The molecule has 1 aromatic carbocycles. The number of aliphatic hydroxyl groups excluding tert-OH is 2. The third kappa shape index (κ3) is 4.64. The molecule has 0 aliphatic carbocycles. The molecule has 0 aromatic heterocycles. The van der Waals surface area contributed by atoms with Crippen molar-refractivity contribution in [2.45, 2.75) is 18.4 Å². The molecule has 102 valence electrons. The van der Waals surface area contributed by atoms with Gasteiger partial charge in [0.1, 0.15) is 0 Å². The topological polar surface area (TPSA) is 43.7 Å². The molecule has 0 spiro atoms. The first-order valence-electron chi connectivity index (χ1n) is 5.47. The second-order valence-electron chi connectivity index (χ2n) is 4.21. The van der Waals surface area contributed by atoms with Crippen LogP contribution in [-0.2, 0) is 0 Å². The first-order valence-corrected chi connectivity index (χ1v) is 5.47. The standard InChI is InChI=1S/C12H16F3NO2/c1-16(8-11(18)12(13,14)15)7-10(17)9-5-3-2-4-6-9/h2-6,10-11,17-18H,7-8H2,1H3. The lowest BCUT2D eigenvalue weighted by molar-refractivity contribution is -0.207. The number of nitrogens with zero attached hydrogens (tertiary/aromatic N) is 1. The summed E-state index contributed by atoms with van der Waals surface area (Å²) in [6.45, 7) is -0.537. The first kappa shape index (κ1) is 14.9. The summed E-state index contributed by atoms with van der Waals surface area (Å²) < 4.78 is 36.4. The highest BCUT2D eigenvalue weighted by molar-refractivity contribution is 5.17. The molecule has 0 aliphatic heterocycles. The van der Waals surface area contributed by atoms with Crippen molar-refractivity contribution in [1.29, 1.82) is 0 Å². The predicted octanol–water partition coefficient (Wildman–Crippen LogP) is 1.57. The van der Waals surface area contributed by atoms with Crippen LogP contribution in [0.1, 0.15) is 11.7 Å². The summed E-state index contributed by atoms with van der Waals surface area (Å²) in [6.07, 6.45) is -7.91. The van der Waals surface area contributed by atoms with Crippen molar-refractivity contribution in [2.75, 3.05) is 20.1 Å². The van der Waals surface area contributed by atoms with Gasteiger partial charge in [-0.25, -0.2) is 0 Å². The van der Waals surface area contributed by atoms with Crippen LogP contribution >= 0.6 is 0 Å². The summed E-state index contributed by atoms with van der Waals surface area (Å²) in [6, 6.07) is 8.65. The number of hydrogen-bond acceptors (Lipinski definition) is 3. The molecule has 3 nitrogen and oxygen atoms in total. The van der Waals surface area contributed by atoms with Crippen molar-refractivity contribution in [3.8, 4) is 0 Å². The van der Waals surface area contributed by atoms with Crippen LogP contribution in [0.3, 0.4) is 0 Å². The van der Waals surface area contributed by atoms with Gasteiger partial charge in [-0.2, -0.15) is 13.2 Å². The Balaban J connectivity index is 2.48. The molecule has 0 heterocycles. The Morgan fingerprint density at radius 2 is 1.67 bits per heavy atom. The van der Waals surface area contributed by atoms with Gasteiger partial charge >= 0.3 is 6.18 Å². The third-order valence-corrected chi connectivity index (χ3v) is 2.53. The van der Waals surface area contributed by atoms with Gasteiger partial charge in [0, 0.05) is 13.1 Å². The van der Waals surface area contributed by atoms with Crippen LogP contribution in [0.25, 0.3) is 0 Å². The number of aliphatic hydroxyl groups is 2. The van der Waals surface area contributed by atoms with Crippen LogP contribution in [0.2, 0.25) is 0 Å². The Hall–Kier alpha value is -1.11. The van der Waals surface area contributed by atoms with Crippen molar-refractivity contribution in [2.24, 2.45) is 0 Å². The van der Waals surface area contributed by atoms with E-state index in [-0.39, 0.29) is 6.54 Å². The van der Waals surface area contributed by atoms with Crippen molar-refractivity contribution in [3.05, 3.63) is 35.9 Å². The van der Waals surface area contributed by atoms with Gasteiger partial charge in [0.25, 0.3) is 0 Å². The molecule has 2 N–H and O–H groups in total. The molecule has 0 amide bonds. The normalized spacial score (nSPS) is 15.7. The average molecular weight is 263 g/mol. The highest BCUT2D eigenvalue weighted by Gasteiger charge is 2.38. The molecule has 0 saturated heterocycles. The quantitative estimate of drug-likeness (QED) is 0.847. The molecule has 0 bridgehead atoms. The van der Waals surface area contributed by atoms with Gasteiger partial charge in [-0.15, -0.1) is 0 Å². The zero-order valence-corrected chi connectivity index (χ0v) is 9.93. The first-order chi connectivity index (χ1) is 8.30. The van der Waals surface area contributed by atoms with E-state index in [1.807, 2.05) is 0 Å². The van der Waals surface area contributed by atoms with E-state index in [1.54, 1.807) is 30.3 Å². The van der Waals surface area contributed by atoms with Crippen LogP contribution in [0.15, 0.2) is 30.3 Å². The highest BCUT2D eigenvalue weighted by Crippen LogP contribution is 2.21. The van der Waals surface area contributed by atoms with Crippen molar-refractivity contribution in [3.63, 3.8) is 0 Å². The third-order valence-electron chi connectivity index (χ3n) is 2.53. The molecule has 1 rings (SSSR count). The molecular weight excluding hydrogens is 247 g/mol.